The van der Waals surface area contributed by atoms with E-state index in [1.165, 1.54) is 18.3 Å². The maximum Gasteiger partial charge on any atom is 0.260 e. The fourth-order valence-corrected chi connectivity index (χ4v) is 4.01. The monoisotopic (exact) mass is 431 g/mol. The second kappa shape index (κ2) is 8.99. The molecule has 2 heterocycles. The minimum Gasteiger partial charge on any atom is -0.337 e. The first-order valence-corrected chi connectivity index (χ1v) is 10.0. The number of amides is 1. The number of carbonyl (C=O) groups is 1. The predicted molar refractivity (Wildman–Crippen MR) is 104 cm³/mol. The van der Waals surface area contributed by atoms with Crippen LogP contribution in [0.3, 0.4) is 0 Å². The van der Waals surface area contributed by atoms with Crippen LogP contribution in [0.5, 0.6) is 0 Å². The number of aryl methyl sites for hydroxylation is 2. The fraction of sp³-hybridized carbons (Fsp3) is 0.412. The summed E-state index contributed by atoms with van der Waals surface area (Å²) in [5.74, 6) is -0.200. The van der Waals surface area contributed by atoms with Crippen molar-refractivity contribution in [1.82, 2.24) is 24.5 Å². The molecule has 2 N–H and O–H groups in total. The number of hydrogen-bond acceptors (Lipinski definition) is 5. The molecule has 0 spiro atoms. The van der Waals surface area contributed by atoms with Gasteiger partial charge in [0.25, 0.3) is 10.0 Å². The van der Waals surface area contributed by atoms with Gasteiger partial charge in [0.05, 0.1) is 12.6 Å². The molecule has 0 bridgehead atoms. The quantitative estimate of drug-likeness (QED) is 0.728. The number of nitrogens with zero attached hydrogens (tertiary/aromatic N) is 3. The number of aromatic nitrogens is 2. The summed E-state index contributed by atoms with van der Waals surface area (Å²) >= 11 is 0. The third-order valence-corrected chi connectivity index (χ3v) is 5.84. The van der Waals surface area contributed by atoms with E-state index in [9.17, 15) is 17.6 Å². The molecule has 8 nitrogen and oxygen atoms in total. The minimum absolute atomic E-state index is 0. The molecule has 2 aromatic rings. The van der Waals surface area contributed by atoms with Gasteiger partial charge in [-0.25, -0.2) is 22.5 Å². The van der Waals surface area contributed by atoms with E-state index in [0.717, 1.165) is 0 Å². The number of sulfonamides is 1. The summed E-state index contributed by atoms with van der Waals surface area (Å²) in [4.78, 5) is 18.2. The normalized spacial score (nSPS) is 17.2. The molecule has 1 aliphatic rings. The molecule has 1 amide bonds. The van der Waals surface area contributed by atoms with Gasteiger partial charge in [0.1, 0.15) is 11.6 Å². The van der Waals surface area contributed by atoms with Crippen LogP contribution in [0.1, 0.15) is 17.4 Å². The second-order valence-corrected chi connectivity index (χ2v) is 8.14. The van der Waals surface area contributed by atoms with Gasteiger partial charge in [-0.05, 0) is 24.6 Å². The average molecular weight is 432 g/mol. The highest BCUT2D eigenvalue weighted by molar-refractivity contribution is 7.89. The lowest BCUT2D eigenvalue weighted by molar-refractivity contribution is -0.133. The van der Waals surface area contributed by atoms with Crippen LogP contribution in [0, 0.1) is 12.7 Å². The van der Waals surface area contributed by atoms with Gasteiger partial charge in [-0.2, -0.15) is 0 Å². The van der Waals surface area contributed by atoms with Gasteiger partial charge in [-0.3, -0.25) is 4.79 Å². The van der Waals surface area contributed by atoms with Gasteiger partial charge in [0.15, 0.2) is 5.03 Å². The lowest BCUT2D eigenvalue weighted by Gasteiger charge is -2.36. The average Bonchev–Trinajstić information content (AvgIpc) is 2.99. The van der Waals surface area contributed by atoms with E-state index in [4.69, 9.17) is 0 Å². The number of imidazole rings is 1. The zero-order chi connectivity index (χ0) is 19.6. The lowest BCUT2D eigenvalue weighted by atomic mass is 10.0. The Balaban J connectivity index is 0.00000280. The molecule has 3 rings (SSSR count). The standard InChI is InChI=1S/C17H22FN5O3S.ClH/c1-12-21-16(11-22(12)2)27(25,26)20-10-17(24)23-7-6-19-9-15(23)13-4-3-5-14(18)8-13;/h3-5,8,11,15,19-20H,6-7,9-10H2,1-2H3;1H. The molecule has 1 saturated heterocycles. The Morgan fingerprint density at radius 1 is 1.43 bits per heavy atom. The molecule has 1 atom stereocenters. The molecule has 28 heavy (non-hydrogen) atoms. The Hall–Kier alpha value is -2.01. The van der Waals surface area contributed by atoms with E-state index >= 15 is 0 Å². The summed E-state index contributed by atoms with van der Waals surface area (Å²) in [6, 6.07) is 5.72. The van der Waals surface area contributed by atoms with Crippen LogP contribution >= 0.6 is 12.4 Å². The number of hydrogen-bond donors (Lipinski definition) is 2. The van der Waals surface area contributed by atoms with E-state index < -0.39 is 10.0 Å². The van der Waals surface area contributed by atoms with Crippen molar-refractivity contribution < 1.29 is 17.6 Å². The molecular weight excluding hydrogens is 409 g/mol. The molecule has 1 unspecified atom stereocenters. The van der Waals surface area contributed by atoms with Crippen LogP contribution in [0.4, 0.5) is 4.39 Å². The van der Waals surface area contributed by atoms with Gasteiger partial charge in [-0.15, -0.1) is 12.4 Å². The molecule has 1 aromatic heterocycles. The highest BCUT2D eigenvalue weighted by Crippen LogP contribution is 2.23. The third kappa shape index (κ3) is 4.88. The number of carbonyl (C=O) groups excluding carboxylic acids is 1. The Bertz CT molecular complexity index is 931. The number of rotatable bonds is 5. The third-order valence-electron chi connectivity index (χ3n) is 4.57. The number of piperazine rings is 1. The van der Waals surface area contributed by atoms with Gasteiger partial charge in [0.2, 0.25) is 5.91 Å². The number of benzene rings is 1. The fourth-order valence-electron chi connectivity index (χ4n) is 3.00. The SMILES string of the molecule is Cc1nc(S(=O)(=O)NCC(=O)N2CCNCC2c2cccc(F)c2)cn1C.Cl. The van der Waals surface area contributed by atoms with Crippen LogP contribution < -0.4 is 10.0 Å². The summed E-state index contributed by atoms with van der Waals surface area (Å²) in [7, 11) is -2.20. The number of halogens is 2. The minimum atomic E-state index is -3.89. The number of nitrogens with one attached hydrogen (secondary N) is 2. The molecule has 0 radical (unpaired) electrons. The first kappa shape index (κ1) is 22.3. The Labute approximate surface area is 169 Å². The smallest absolute Gasteiger partial charge is 0.260 e. The highest BCUT2D eigenvalue weighted by Gasteiger charge is 2.29. The van der Waals surface area contributed by atoms with Gasteiger partial charge in [-0.1, -0.05) is 12.1 Å². The van der Waals surface area contributed by atoms with Gasteiger partial charge in [0, 0.05) is 32.9 Å². The van der Waals surface area contributed by atoms with Crippen LogP contribution in [0.2, 0.25) is 0 Å². The van der Waals surface area contributed by atoms with Crippen LogP contribution in [0.25, 0.3) is 0 Å². The molecule has 1 aromatic carbocycles. The Morgan fingerprint density at radius 3 is 2.82 bits per heavy atom. The predicted octanol–water partition coefficient (Wildman–Crippen LogP) is 0.741. The van der Waals surface area contributed by atoms with Crippen molar-refractivity contribution in [2.45, 2.75) is 18.0 Å². The van der Waals surface area contributed by atoms with Crippen molar-refractivity contribution in [3.8, 4) is 0 Å². The zero-order valence-corrected chi connectivity index (χ0v) is 17.2. The van der Waals surface area contributed by atoms with Crippen molar-refractivity contribution in [2.24, 2.45) is 7.05 Å². The molecule has 11 heteroatoms. The summed E-state index contributed by atoms with van der Waals surface area (Å²) < 4.78 is 42.2. The Kier molecular flexibility index (Phi) is 7.16. The van der Waals surface area contributed by atoms with E-state index in [-0.39, 0.29) is 41.7 Å². The van der Waals surface area contributed by atoms with Crippen LogP contribution in [0.15, 0.2) is 35.5 Å². The molecule has 1 fully saturated rings. The molecule has 0 aliphatic carbocycles. The summed E-state index contributed by atoms with van der Waals surface area (Å²) in [5, 5.41) is 3.05. The van der Waals surface area contributed by atoms with E-state index in [2.05, 4.69) is 15.0 Å². The van der Waals surface area contributed by atoms with Crippen molar-refractivity contribution in [1.29, 1.82) is 0 Å². The molecule has 154 valence electrons. The first-order chi connectivity index (χ1) is 12.8. The highest BCUT2D eigenvalue weighted by atomic mass is 35.5. The summed E-state index contributed by atoms with van der Waals surface area (Å²) in [5.41, 5.74) is 0.666. The van der Waals surface area contributed by atoms with Crippen LogP contribution in [-0.2, 0) is 21.9 Å². The topological polar surface area (TPSA) is 96.3 Å². The first-order valence-electron chi connectivity index (χ1n) is 8.53. The summed E-state index contributed by atoms with van der Waals surface area (Å²) in [6.45, 7) is 2.77. The second-order valence-electron chi connectivity index (χ2n) is 6.42. The van der Waals surface area contributed by atoms with Crippen molar-refractivity contribution >= 4 is 28.3 Å². The maximum absolute atomic E-state index is 13.6. The van der Waals surface area contributed by atoms with Crippen molar-refractivity contribution in [3.63, 3.8) is 0 Å². The van der Waals surface area contributed by atoms with Gasteiger partial charge >= 0.3 is 0 Å². The Morgan fingerprint density at radius 2 is 2.18 bits per heavy atom. The summed E-state index contributed by atoms with van der Waals surface area (Å²) in [6.07, 6.45) is 1.39. The molecular formula is C17H23ClFN5O3S. The zero-order valence-electron chi connectivity index (χ0n) is 15.6. The van der Waals surface area contributed by atoms with Crippen molar-refractivity contribution in [2.75, 3.05) is 26.2 Å². The lowest BCUT2D eigenvalue weighted by Crippen LogP contribution is -2.51. The molecule has 0 saturated carbocycles. The van der Waals surface area contributed by atoms with Crippen molar-refractivity contribution in [3.05, 3.63) is 47.7 Å². The maximum atomic E-state index is 13.6. The van der Waals surface area contributed by atoms with Crippen LogP contribution in [-0.4, -0.2) is 55.0 Å². The molecule has 1 aliphatic heterocycles. The van der Waals surface area contributed by atoms with E-state index in [0.29, 0.717) is 31.0 Å². The van der Waals surface area contributed by atoms with E-state index in [1.807, 2.05) is 0 Å². The van der Waals surface area contributed by atoms with E-state index in [1.54, 1.807) is 35.6 Å². The van der Waals surface area contributed by atoms with Gasteiger partial charge < -0.3 is 14.8 Å². The largest absolute Gasteiger partial charge is 0.337 e.